The standard InChI is InChI=1S/C18H19F3N2O3S/c1-25-15-5-3-4-12(16(15)26-2)10-11-22-17(24)23-13-6-8-14(9-7-13)27-18(19,20)21/h3-9H,10-11H2,1-2H3,(H2,22,23,24). The van der Waals surface area contributed by atoms with Gasteiger partial charge < -0.3 is 20.1 Å². The van der Waals surface area contributed by atoms with Crippen LogP contribution in [-0.4, -0.2) is 32.3 Å². The average Bonchev–Trinajstić information content (AvgIpc) is 2.61. The first kappa shape index (κ1) is 20.8. The molecule has 0 saturated carbocycles. The summed E-state index contributed by atoms with van der Waals surface area (Å²) >= 11 is -0.204. The number of halogens is 3. The minimum absolute atomic E-state index is 0.0542. The van der Waals surface area contributed by atoms with E-state index in [1.165, 1.54) is 24.3 Å². The van der Waals surface area contributed by atoms with E-state index >= 15 is 0 Å². The molecule has 0 atom stereocenters. The van der Waals surface area contributed by atoms with E-state index in [1.54, 1.807) is 20.3 Å². The van der Waals surface area contributed by atoms with E-state index in [2.05, 4.69) is 10.6 Å². The van der Waals surface area contributed by atoms with Gasteiger partial charge in [0.1, 0.15) is 0 Å². The number of amides is 2. The number of anilines is 1. The van der Waals surface area contributed by atoms with Crippen LogP contribution in [0.2, 0.25) is 0 Å². The Kier molecular flexibility index (Phi) is 7.23. The van der Waals surface area contributed by atoms with E-state index in [1.807, 2.05) is 12.1 Å². The summed E-state index contributed by atoms with van der Waals surface area (Å²) in [7, 11) is 3.09. The van der Waals surface area contributed by atoms with E-state index in [-0.39, 0.29) is 16.7 Å². The van der Waals surface area contributed by atoms with Gasteiger partial charge in [-0.1, -0.05) is 12.1 Å². The summed E-state index contributed by atoms with van der Waals surface area (Å²) in [6.45, 7) is 0.345. The summed E-state index contributed by atoms with van der Waals surface area (Å²) in [6, 6.07) is 10.5. The van der Waals surface area contributed by atoms with Gasteiger partial charge in [-0.15, -0.1) is 0 Å². The third-order valence-corrected chi connectivity index (χ3v) is 4.25. The molecular formula is C18H19F3N2O3S. The largest absolute Gasteiger partial charge is 0.493 e. The summed E-state index contributed by atoms with van der Waals surface area (Å²) in [5.74, 6) is 1.22. The van der Waals surface area contributed by atoms with Crippen LogP contribution in [0.25, 0.3) is 0 Å². The molecule has 5 nitrogen and oxygen atoms in total. The molecule has 2 aromatic rings. The predicted molar refractivity (Wildman–Crippen MR) is 98.6 cm³/mol. The zero-order valence-electron chi connectivity index (χ0n) is 14.7. The molecule has 9 heteroatoms. The van der Waals surface area contributed by atoms with Crippen molar-refractivity contribution in [3.63, 3.8) is 0 Å². The van der Waals surface area contributed by atoms with Crippen molar-refractivity contribution in [3.05, 3.63) is 48.0 Å². The van der Waals surface area contributed by atoms with Gasteiger partial charge in [0.25, 0.3) is 0 Å². The second-order valence-electron chi connectivity index (χ2n) is 5.36. The Labute approximate surface area is 159 Å². The van der Waals surface area contributed by atoms with E-state index in [0.29, 0.717) is 30.2 Å². The molecular weight excluding hydrogens is 381 g/mol. The highest BCUT2D eigenvalue weighted by atomic mass is 32.2. The number of thioether (sulfide) groups is 1. The lowest BCUT2D eigenvalue weighted by molar-refractivity contribution is -0.0328. The van der Waals surface area contributed by atoms with Crippen LogP contribution in [0.5, 0.6) is 11.5 Å². The molecule has 0 aliphatic carbocycles. The quantitative estimate of drug-likeness (QED) is 0.663. The van der Waals surface area contributed by atoms with Crippen LogP contribution in [-0.2, 0) is 6.42 Å². The molecule has 0 aliphatic heterocycles. The number of urea groups is 1. The fourth-order valence-electron chi connectivity index (χ4n) is 2.38. The molecule has 0 unspecified atom stereocenters. The number of rotatable bonds is 7. The maximum Gasteiger partial charge on any atom is 0.446 e. The molecule has 0 heterocycles. The van der Waals surface area contributed by atoms with Crippen molar-refractivity contribution in [3.8, 4) is 11.5 Å². The number of methoxy groups -OCH3 is 2. The molecule has 0 radical (unpaired) electrons. The van der Waals surface area contributed by atoms with Gasteiger partial charge in [0.2, 0.25) is 0 Å². The van der Waals surface area contributed by atoms with Crippen LogP contribution >= 0.6 is 11.8 Å². The van der Waals surface area contributed by atoms with Crippen molar-refractivity contribution in [2.45, 2.75) is 16.8 Å². The second kappa shape index (κ2) is 9.40. The van der Waals surface area contributed by atoms with E-state index in [4.69, 9.17) is 9.47 Å². The van der Waals surface area contributed by atoms with Crippen LogP contribution in [0.3, 0.4) is 0 Å². The molecule has 0 spiro atoms. The summed E-state index contributed by atoms with van der Waals surface area (Å²) in [5.41, 5.74) is -3.06. The zero-order chi connectivity index (χ0) is 19.9. The second-order valence-corrected chi connectivity index (χ2v) is 6.49. The Morgan fingerprint density at radius 1 is 1.07 bits per heavy atom. The number of ether oxygens (including phenoxy) is 2. The van der Waals surface area contributed by atoms with Gasteiger partial charge in [-0.05, 0) is 54.1 Å². The first-order valence-electron chi connectivity index (χ1n) is 7.93. The number of carbonyl (C=O) groups is 1. The number of hydrogen-bond donors (Lipinski definition) is 2. The monoisotopic (exact) mass is 400 g/mol. The molecule has 2 N–H and O–H groups in total. The van der Waals surface area contributed by atoms with Crippen LogP contribution in [0.1, 0.15) is 5.56 Å². The van der Waals surface area contributed by atoms with Crippen molar-refractivity contribution < 1.29 is 27.4 Å². The van der Waals surface area contributed by atoms with Crippen molar-refractivity contribution in [1.29, 1.82) is 0 Å². The zero-order valence-corrected chi connectivity index (χ0v) is 15.5. The van der Waals surface area contributed by atoms with Gasteiger partial charge in [0, 0.05) is 17.1 Å². The van der Waals surface area contributed by atoms with Crippen molar-refractivity contribution in [1.82, 2.24) is 5.32 Å². The Morgan fingerprint density at radius 3 is 2.37 bits per heavy atom. The Hall–Kier alpha value is -2.55. The fourth-order valence-corrected chi connectivity index (χ4v) is 2.92. The number of nitrogens with one attached hydrogen (secondary N) is 2. The van der Waals surface area contributed by atoms with Crippen LogP contribution in [0, 0.1) is 0 Å². The molecule has 0 bridgehead atoms. The third kappa shape index (κ3) is 6.59. The van der Waals surface area contributed by atoms with Crippen molar-refractivity contribution in [2.24, 2.45) is 0 Å². The van der Waals surface area contributed by atoms with E-state index in [9.17, 15) is 18.0 Å². The first-order valence-corrected chi connectivity index (χ1v) is 8.74. The highest BCUT2D eigenvalue weighted by molar-refractivity contribution is 8.00. The first-order chi connectivity index (χ1) is 12.8. The van der Waals surface area contributed by atoms with Gasteiger partial charge in [-0.2, -0.15) is 13.2 Å². The highest BCUT2D eigenvalue weighted by Crippen LogP contribution is 2.37. The summed E-state index contributed by atoms with van der Waals surface area (Å²) < 4.78 is 47.5. The minimum Gasteiger partial charge on any atom is -0.493 e. The van der Waals surface area contributed by atoms with Crippen molar-refractivity contribution >= 4 is 23.5 Å². The average molecular weight is 400 g/mol. The maximum absolute atomic E-state index is 12.3. The normalized spacial score (nSPS) is 11.0. The molecule has 2 rings (SSSR count). The minimum atomic E-state index is -4.34. The number of para-hydroxylation sites is 1. The smallest absolute Gasteiger partial charge is 0.446 e. The van der Waals surface area contributed by atoms with Gasteiger partial charge in [-0.3, -0.25) is 0 Å². The molecule has 0 fully saturated rings. The Balaban J connectivity index is 1.85. The lowest BCUT2D eigenvalue weighted by atomic mass is 10.1. The topological polar surface area (TPSA) is 59.6 Å². The number of carbonyl (C=O) groups excluding carboxylic acids is 1. The molecule has 27 heavy (non-hydrogen) atoms. The molecule has 2 amide bonds. The van der Waals surface area contributed by atoms with Crippen LogP contribution in [0.4, 0.5) is 23.7 Å². The van der Waals surface area contributed by atoms with E-state index < -0.39 is 11.5 Å². The molecule has 146 valence electrons. The van der Waals surface area contributed by atoms with Gasteiger partial charge in [0.05, 0.1) is 14.2 Å². The molecule has 2 aromatic carbocycles. The number of hydrogen-bond acceptors (Lipinski definition) is 4. The number of benzene rings is 2. The molecule has 0 aromatic heterocycles. The van der Waals surface area contributed by atoms with Crippen molar-refractivity contribution in [2.75, 3.05) is 26.1 Å². The fraction of sp³-hybridized carbons (Fsp3) is 0.278. The lowest BCUT2D eigenvalue weighted by Gasteiger charge is -2.13. The SMILES string of the molecule is COc1cccc(CCNC(=O)Nc2ccc(SC(F)(F)F)cc2)c1OC. The predicted octanol–water partition coefficient (Wildman–Crippen LogP) is 4.68. The summed E-state index contributed by atoms with van der Waals surface area (Å²) in [6.07, 6.45) is 0.523. The van der Waals surface area contributed by atoms with Gasteiger partial charge >= 0.3 is 11.5 Å². The highest BCUT2D eigenvalue weighted by Gasteiger charge is 2.29. The maximum atomic E-state index is 12.3. The Morgan fingerprint density at radius 2 is 1.78 bits per heavy atom. The summed E-state index contributed by atoms with van der Waals surface area (Å²) in [4.78, 5) is 12.0. The van der Waals surface area contributed by atoms with Crippen LogP contribution in [0.15, 0.2) is 47.4 Å². The van der Waals surface area contributed by atoms with Gasteiger partial charge in [-0.25, -0.2) is 4.79 Å². The summed E-state index contributed by atoms with van der Waals surface area (Å²) in [5, 5.41) is 5.26. The molecule has 0 aliphatic rings. The number of alkyl halides is 3. The van der Waals surface area contributed by atoms with Crippen LogP contribution < -0.4 is 20.1 Å². The van der Waals surface area contributed by atoms with Gasteiger partial charge in [0.15, 0.2) is 11.5 Å². The lowest BCUT2D eigenvalue weighted by Crippen LogP contribution is -2.30. The third-order valence-electron chi connectivity index (χ3n) is 3.51. The molecule has 0 saturated heterocycles. The Bertz CT molecular complexity index is 767. The van der Waals surface area contributed by atoms with E-state index in [0.717, 1.165) is 5.56 Å².